The van der Waals surface area contributed by atoms with Gasteiger partial charge in [0.1, 0.15) is 23.5 Å². The maximum Gasteiger partial charge on any atom is 0.282 e. The summed E-state index contributed by atoms with van der Waals surface area (Å²) in [4.78, 5) is 24.8. The molecule has 154 valence electrons. The van der Waals surface area contributed by atoms with E-state index in [1.54, 1.807) is 37.8 Å². The second-order valence-corrected chi connectivity index (χ2v) is 7.38. The van der Waals surface area contributed by atoms with Crippen molar-refractivity contribution < 1.29 is 14.3 Å². The van der Waals surface area contributed by atoms with Gasteiger partial charge in [-0.25, -0.2) is 9.97 Å². The van der Waals surface area contributed by atoms with Crippen molar-refractivity contribution in [2.45, 2.75) is 6.61 Å². The number of H-pyrrole nitrogens is 1. The molecule has 0 fully saturated rings. The number of pyridine rings is 1. The van der Waals surface area contributed by atoms with E-state index in [4.69, 9.17) is 21.1 Å². The molecule has 0 unspecified atom stereocenters. The van der Waals surface area contributed by atoms with Gasteiger partial charge in [0.25, 0.3) is 5.91 Å². The van der Waals surface area contributed by atoms with E-state index >= 15 is 0 Å². The quantitative estimate of drug-likeness (QED) is 0.413. The van der Waals surface area contributed by atoms with E-state index in [-0.39, 0.29) is 12.5 Å². The number of nitrogens with zero attached hydrogens (tertiary/aromatic N) is 3. The van der Waals surface area contributed by atoms with Gasteiger partial charge in [0.15, 0.2) is 0 Å². The van der Waals surface area contributed by atoms with Crippen LogP contribution in [0.4, 0.5) is 0 Å². The van der Waals surface area contributed by atoms with Crippen LogP contribution in [0.5, 0.6) is 11.5 Å². The highest BCUT2D eigenvalue weighted by Gasteiger charge is 2.22. The van der Waals surface area contributed by atoms with Crippen LogP contribution >= 0.6 is 11.6 Å². The number of fused-ring (bicyclic) bond motifs is 3. The van der Waals surface area contributed by atoms with Crippen molar-refractivity contribution >= 4 is 39.3 Å². The summed E-state index contributed by atoms with van der Waals surface area (Å²) >= 11 is 6.00. The predicted octanol–water partition coefficient (Wildman–Crippen LogP) is 5.19. The van der Waals surface area contributed by atoms with Crippen LogP contribution in [0.3, 0.4) is 0 Å². The van der Waals surface area contributed by atoms with Crippen molar-refractivity contribution in [2.75, 3.05) is 7.11 Å². The Morgan fingerprint density at radius 2 is 1.97 bits per heavy atom. The van der Waals surface area contributed by atoms with Crippen LogP contribution < -0.4 is 4.74 Å². The third-order valence-corrected chi connectivity index (χ3v) is 5.25. The van der Waals surface area contributed by atoms with Crippen LogP contribution in [0.2, 0.25) is 5.02 Å². The minimum Gasteiger partial charge on any atom is -0.457 e. The molecule has 3 heterocycles. The number of ether oxygens (including phenoxy) is 2. The first-order valence-corrected chi connectivity index (χ1v) is 9.91. The van der Waals surface area contributed by atoms with Crippen molar-refractivity contribution in [1.82, 2.24) is 19.5 Å². The molecular formula is C23H17ClN4O3. The molecule has 0 spiro atoms. The lowest BCUT2D eigenvalue weighted by Crippen LogP contribution is -2.15. The normalized spacial score (nSPS) is 11.3. The van der Waals surface area contributed by atoms with E-state index in [9.17, 15) is 4.79 Å². The fraction of sp³-hybridized carbons (Fsp3) is 0.0870. The first-order valence-electron chi connectivity index (χ1n) is 9.53. The molecule has 2 aromatic carbocycles. The topological polar surface area (TPSA) is 82.0 Å². The van der Waals surface area contributed by atoms with Crippen LogP contribution in [0.1, 0.15) is 16.1 Å². The van der Waals surface area contributed by atoms with Crippen LogP contribution in [0, 0.1) is 0 Å². The molecule has 31 heavy (non-hydrogen) atoms. The Bertz CT molecular complexity index is 1390. The Labute approximate surface area is 182 Å². The maximum atomic E-state index is 13.1. The van der Waals surface area contributed by atoms with Crippen molar-refractivity contribution in [1.29, 1.82) is 0 Å². The molecule has 0 saturated carbocycles. The number of carbonyl (C=O) groups excluding carboxylic acids is 1. The third kappa shape index (κ3) is 3.43. The second kappa shape index (κ2) is 7.86. The van der Waals surface area contributed by atoms with Gasteiger partial charge < -0.3 is 14.5 Å². The largest absolute Gasteiger partial charge is 0.457 e. The number of imidazole rings is 1. The summed E-state index contributed by atoms with van der Waals surface area (Å²) in [5.41, 5.74) is 2.64. The zero-order chi connectivity index (χ0) is 21.4. The standard InChI is InChI=1S/C23H17ClN4O3/c1-30-12-16-20-18(11-26-22(16)23(29)28-10-9-25-13-28)27-17-3-2-4-19(21(17)20)31-15-7-5-14(24)6-8-15/h2-11,13,27H,12H2,1H3. The summed E-state index contributed by atoms with van der Waals surface area (Å²) in [7, 11) is 1.59. The van der Waals surface area contributed by atoms with Crippen LogP contribution in [0.15, 0.2) is 67.4 Å². The number of carbonyl (C=O) groups is 1. The first-order chi connectivity index (χ1) is 15.2. The van der Waals surface area contributed by atoms with Gasteiger partial charge in [-0.15, -0.1) is 0 Å². The molecule has 0 amide bonds. The summed E-state index contributed by atoms with van der Waals surface area (Å²) in [6.07, 6.45) is 6.26. The van der Waals surface area contributed by atoms with Gasteiger partial charge >= 0.3 is 0 Å². The van der Waals surface area contributed by atoms with Crippen LogP contribution in [-0.4, -0.2) is 32.5 Å². The summed E-state index contributed by atoms with van der Waals surface area (Å²) < 4.78 is 13.0. The highest BCUT2D eigenvalue weighted by molar-refractivity contribution is 6.30. The number of rotatable bonds is 5. The molecular weight excluding hydrogens is 416 g/mol. The lowest BCUT2D eigenvalue weighted by Gasteiger charge is -2.11. The van der Waals surface area contributed by atoms with Crippen molar-refractivity contribution in [3.8, 4) is 11.5 Å². The SMILES string of the molecule is COCc1c(C(=O)n2ccnc2)ncc2[nH]c3cccc(Oc4ccc(Cl)cc4)c3c12. The van der Waals surface area contributed by atoms with Gasteiger partial charge in [-0.1, -0.05) is 17.7 Å². The zero-order valence-corrected chi connectivity index (χ0v) is 17.3. The smallest absolute Gasteiger partial charge is 0.282 e. The molecule has 0 aliphatic rings. The summed E-state index contributed by atoms with van der Waals surface area (Å²) in [6.45, 7) is 0.211. The van der Waals surface area contributed by atoms with E-state index in [1.807, 2.05) is 30.3 Å². The van der Waals surface area contributed by atoms with E-state index in [0.29, 0.717) is 27.8 Å². The summed E-state index contributed by atoms with van der Waals surface area (Å²) in [6, 6.07) is 12.9. The minimum atomic E-state index is -0.281. The van der Waals surface area contributed by atoms with Gasteiger partial charge in [-0.3, -0.25) is 9.36 Å². The fourth-order valence-corrected chi connectivity index (χ4v) is 3.78. The van der Waals surface area contributed by atoms with E-state index < -0.39 is 0 Å². The van der Waals surface area contributed by atoms with E-state index in [2.05, 4.69) is 15.0 Å². The van der Waals surface area contributed by atoms with Crippen molar-refractivity contribution in [3.05, 3.63) is 83.7 Å². The lowest BCUT2D eigenvalue weighted by molar-refractivity contribution is 0.0950. The monoisotopic (exact) mass is 432 g/mol. The zero-order valence-electron chi connectivity index (χ0n) is 16.5. The van der Waals surface area contributed by atoms with Crippen LogP contribution in [-0.2, 0) is 11.3 Å². The number of benzene rings is 2. The van der Waals surface area contributed by atoms with Crippen molar-refractivity contribution in [2.24, 2.45) is 0 Å². The molecule has 5 aromatic rings. The molecule has 8 heteroatoms. The van der Waals surface area contributed by atoms with Gasteiger partial charge in [0.2, 0.25) is 0 Å². The average Bonchev–Trinajstić information content (AvgIpc) is 3.44. The van der Waals surface area contributed by atoms with Gasteiger partial charge in [0, 0.05) is 35.5 Å². The lowest BCUT2D eigenvalue weighted by atomic mass is 10.0. The molecule has 0 atom stereocenters. The van der Waals surface area contributed by atoms with Crippen molar-refractivity contribution in [3.63, 3.8) is 0 Å². The van der Waals surface area contributed by atoms with Gasteiger partial charge in [-0.2, -0.15) is 0 Å². The summed E-state index contributed by atoms with van der Waals surface area (Å²) in [5, 5.41) is 2.32. The Balaban J connectivity index is 1.74. The first kappa shape index (κ1) is 19.3. The molecule has 0 bridgehead atoms. The average molecular weight is 433 g/mol. The number of hydrogen-bond donors (Lipinski definition) is 1. The highest BCUT2D eigenvalue weighted by atomic mass is 35.5. The molecule has 7 nitrogen and oxygen atoms in total. The highest BCUT2D eigenvalue weighted by Crippen LogP contribution is 2.38. The molecule has 0 saturated heterocycles. The van der Waals surface area contributed by atoms with E-state index in [0.717, 1.165) is 21.8 Å². The Morgan fingerprint density at radius 3 is 2.71 bits per heavy atom. The molecule has 0 aliphatic heterocycles. The second-order valence-electron chi connectivity index (χ2n) is 6.94. The third-order valence-electron chi connectivity index (χ3n) is 5.00. The van der Waals surface area contributed by atoms with E-state index in [1.165, 1.54) is 10.9 Å². The van der Waals surface area contributed by atoms with Crippen LogP contribution in [0.25, 0.3) is 21.8 Å². The molecule has 0 aliphatic carbocycles. The number of aromatic nitrogens is 4. The summed E-state index contributed by atoms with van der Waals surface area (Å²) in [5.74, 6) is 1.02. The fourth-order valence-electron chi connectivity index (χ4n) is 3.66. The Hall–Kier alpha value is -3.68. The minimum absolute atomic E-state index is 0.211. The predicted molar refractivity (Wildman–Crippen MR) is 118 cm³/mol. The number of nitrogens with one attached hydrogen (secondary N) is 1. The Kier molecular flexibility index (Phi) is 4.89. The molecule has 3 aromatic heterocycles. The number of hydrogen-bond acceptors (Lipinski definition) is 5. The van der Waals surface area contributed by atoms with Gasteiger partial charge in [-0.05, 0) is 36.4 Å². The molecule has 5 rings (SSSR count). The number of methoxy groups -OCH3 is 1. The number of aromatic amines is 1. The Morgan fingerprint density at radius 1 is 1.13 bits per heavy atom. The maximum absolute atomic E-state index is 13.1. The van der Waals surface area contributed by atoms with Gasteiger partial charge in [0.05, 0.1) is 29.2 Å². The molecule has 0 radical (unpaired) electrons. The number of halogens is 1. The molecule has 1 N–H and O–H groups in total.